The van der Waals surface area contributed by atoms with Crippen molar-refractivity contribution in [1.82, 2.24) is 0 Å². The molecule has 0 aliphatic heterocycles. The Kier molecular flexibility index (Phi) is 3.51. The van der Waals surface area contributed by atoms with Gasteiger partial charge in [-0.2, -0.15) is 0 Å². The van der Waals surface area contributed by atoms with Crippen LogP contribution in [0.5, 0.6) is 0 Å². The number of ether oxygens (including phenoxy) is 1. The van der Waals surface area contributed by atoms with Crippen LogP contribution in [0, 0.1) is 5.92 Å². The van der Waals surface area contributed by atoms with Crippen molar-refractivity contribution in [3.05, 3.63) is 35.9 Å². The Labute approximate surface area is 103 Å². The predicted octanol–water partition coefficient (Wildman–Crippen LogP) is 3.31. The highest BCUT2D eigenvalue weighted by Crippen LogP contribution is 2.45. The van der Waals surface area contributed by atoms with Crippen LogP contribution in [0.4, 0.5) is 0 Å². The van der Waals surface area contributed by atoms with E-state index in [2.05, 4.69) is 31.2 Å². The maximum absolute atomic E-state index is 11.1. The lowest BCUT2D eigenvalue weighted by Crippen LogP contribution is -2.35. The van der Waals surface area contributed by atoms with Gasteiger partial charge < -0.3 is 4.74 Å². The van der Waals surface area contributed by atoms with E-state index in [0.29, 0.717) is 12.5 Å². The summed E-state index contributed by atoms with van der Waals surface area (Å²) in [5.41, 5.74) is 1.35. The first-order valence-corrected chi connectivity index (χ1v) is 6.34. The Morgan fingerprint density at radius 1 is 1.41 bits per heavy atom. The summed E-state index contributed by atoms with van der Waals surface area (Å²) in [4.78, 5) is 11.1. The van der Waals surface area contributed by atoms with Crippen molar-refractivity contribution in [2.75, 3.05) is 6.61 Å². The molecule has 0 heterocycles. The third-order valence-electron chi connectivity index (χ3n) is 4.09. The number of carbonyl (C=O) groups is 1. The lowest BCUT2D eigenvalue weighted by Gasteiger charge is -2.33. The van der Waals surface area contributed by atoms with Gasteiger partial charge in [0.05, 0.1) is 0 Å². The van der Waals surface area contributed by atoms with E-state index in [9.17, 15) is 4.79 Å². The van der Waals surface area contributed by atoms with E-state index in [4.69, 9.17) is 4.74 Å². The number of esters is 1. The van der Waals surface area contributed by atoms with Crippen LogP contribution in [0.1, 0.15) is 38.7 Å². The van der Waals surface area contributed by atoms with Crippen molar-refractivity contribution in [2.24, 2.45) is 5.92 Å². The molecular weight excluding hydrogens is 212 g/mol. The molecule has 1 fully saturated rings. The smallest absolute Gasteiger partial charge is 0.302 e. The average molecular weight is 232 g/mol. The molecule has 1 aromatic carbocycles. The summed E-state index contributed by atoms with van der Waals surface area (Å²) in [7, 11) is 0. The second-order valence-electron chi connectivity index (χ2n) is 5.10. The van der Waals surface area contributed by atoms with E-state index < -0.39 is 0 Å². The first kappa shape index (κ1) is 12.2. The van der Waals surface area contributed by atoms with Crippen LogP contribution in [0.15, 0.2) is 30.3 Å². The fraction of sp³-hybridized carbons (Fsp3) is 0.533. The summed E-state index contributed by atoms with van der Waals surface area (Å²) in [5.74, 6) is 0.392. The summed E-state index contributed by atoms with van der Waals surface area (Å²) in [6.07, 6.45) is 3.55. The van der Waals surface area contributed by atoms with Gasteiger partial charge >= 0.3 is 5.97 Å². The minimum absolute atomic E-state index is 0.0347. The molecular formula is C15H20O2. The van der Waals surface area contributed by atoms with Crippen molar-refractivity contribution in [2.45, 2.75) is 38.5 Å². The van der Waals surface area contributed by atoms with Gasteiger partial charge in [-0.1, -0.05) is 43.7 Å². The molecule has 17 heavy (non-hydrogen) atoms. The molecule has 1 aromatic rings. The van der Waals surface area contributed by atoms with E-state index in [1.54, 1.807) is 0 Å². The SMILES string of the molecule is CC(=O)OC[C@]1(c2ccccc2)CCC[C@H]1C. The van der Waals surface area contributed by atoms with Gasteiger partial charge in [0.15, 0.2) is 0 Å². The van der Waals surface area contributed by atoms with Gasteiger partial charge in [-0.25, -0.2) is 0 Å². The highest BCUT2D eigenvalue weighted by Gasteiger charge is 2.42. The largest absolute Gasteiger partial charge is 0.465 e. The summed E-state index contributed by atoms with van der Waals surface area (Å²) in [6.45, 7) is 4.27. The molecule has 0 unspecified atom stereocenters. The van der Waals surface area contributed by atoms with Gasteiger partial charge in [0, 0.05) is 12.3 Å². The Hall–Kier alpha value is -1.31. The summed E-state index contributed by atoms with van der Waals surface area (Å²) >= 11 is 0. The fourth-order valence-electron chi connectivity index (χ4n) is 2.97. The van der Waals surface area contributed by atoms with E-state index >= 15 is 0 Å². The molecule has 1 aliphatic carbocycles. The second kappa shape index (κ2) is 4.91. The summed E-state index contributed by atoms with van der Waals surface area (Å²) < 4.78 is 5.32. The normalized spacial score (nSPS) is 28.0. The number of rotatable bonds is 3. The van der Waals surface area contributed by atoms with Crippen LogP contribution in [0.2, 0.25) is 0 Å². The molecule has 2 nitrogen and oxygen atoms in total. The van der Waals surface area contributed by atoms with Crippen LogP contribution in [-0.2, 0) is 14.9 Å². The maximum atomic E-state index is 11.1. The molecule has 0 aromatic heterocycles. The van der Waals surface area contributed by atoms with Crippen LogP contribution in [0.25, 0.3) is 0 Å². The van der Waals surface area contributed by atoms with Crippen molar-refractivity contribution in [3.8, 4) is 0 Å². The van der Waals surface area contributed by atoms with Gasteiger partial charge in [-0.15, -0.1) is 0 Å². The molecule has 2 heteroatoms. The zero-order chi connectivity index (χ0) is 12.3. The Bertz CT molecular complexity index is 385. The summed E-state index contributed by atoms with van der Waals surface area (Å²) in [6, 6.07) is 10.5. The molecule has 0 amide bonds. The number of hydrogen-bond donors (Lipinski definition) is 0. The average Bonchev–Trinajstić information content (AvgIpc) is 2.70. The molecule has 1 saturated carbocycles. The van der Waals surface area contributed by atoms with Gasteiger partial charge in [0.2, 0.25) is 0 Å². The molecule has 0 spiro atoms. The first-order chi connectivity index (χ1) is 8.15. The lowest BCUT2D eigenvalue weighted by atomic mass is 9.73. The van der Waals surface area contributed by atoms with E-state index in [1.807, 2.05) is 6.07 Å². The zero-order valence-corrected chi connectivity index (χ0v) is 10.6. The van der Waals surface area contributed by atoms with Crippen molar-refractivity contribution in [3.63, 3.8) is 0 Å². The highest BCUT2D eigenvalue weighted by molar-refractivity contribution is 5.66. The molecule has 0 radical (unpaired) electrons. The molecule has 0 bridgehead atoms. The number of hydrogen-bond acceptors (Lipinski definition) is 2. The topological polar surface area (TPSA) is 26.3 Å². The highest BCUT2D eigenvalue weighted by atomic mass is 16.5. The third-order valence-corrected chi connectivity index (χ3v) is 4.09. The monoisotopic (exact) mass is 232 g/mol. The summed E-state index contributed by atoms with van der Waals surface area (Å²) in [5, 5.41) is 0. The Morgan fingerprint density at radius 3 is 2.65 bits per heavy atom. The molecule has 2 rings (SSSR count). The van der Waals surface area contributed by atoms with Gasteiger partial charge in [-0.05, 0) is 24.3 Å². The quantitative estimate of drug-likeness (QED) is 0.747. The van der Waals surface area contributed by atoms with Crippen LogP contribution in [0.3, 0.4) is 0 Å². The first-order valence-electron chi connectivity index (χ1n) is 6.34. The second-order valence-corrected chi connectivity index (χ2v) is 5.10. The maximum Gasteiger partial charge on any atom is 0.302 e. The van der Waals surface area contributed by atoms with Crippen LogP contribution in [-0.4, -0.2) is 12.6 Å². The zero-order valence-electron chi connectivity index (χ0n) is 10.6. The minimum Gasteiger partial charge on any atom is -0.465 e. The Morgan fingerprint density at radius 2 is 2.12 bits per heavy atom. The Balaban J connectivity index is 2.27. The van der Waals surface area contributed by atoms with Gasteiger partial charge in [-0.3, -0.25) is 4.79 Å². The molecule has 1 aliphatic rings. The standard InChI is InChI=1S/C15H20O2/c1-12-7-6-10-15(12,11-17-13(2)16)14-8-4-3-5-9-14/h3-5,8-9,12H,6-7,10-11H2,1-2H3/t12-,15-/m1/s1. The van der Waals surface area contributed by atoms with Crippen molar-refractivity contribution >= 4 is 5.97 Å². The molecule has 92 valence electrons. The number of benzene rings is 1. The van der Waals surface area contributed by atoms with Crippen molar-refractivity contribution < 1.29 is 9.53 Å². The van der Waals surface area contributed by atoms with E-state index in [0.717, 1.165) is 6.42 Å². The lowest BCUT2D eigenvalue weighted by molar-refractivity contribution is -0.143. The predicted molar refractivity (Wildman–Crippen MR) is 67.8 cm³/mol. The molecule has 0 saturated heterocycles. The molecule has 0 N–H and O–H groups in total. The van der Waals surface area contributed by atoms with Gasteiger partial charge in [0.1, 0.15) is 6.61 Å². The van der Waals surface area contributed by atoms with Crippen molar-refractivity contribution in [1.29, 1.82) is 0 Å². The minimum atomic E-state index is -0.181. The van der Waals surface area contributed by atoms with Crippen LogP contribution < -0.4 is 0 Å². The van der Waals surface area contributed by atoms with E-state index in [1.165, 1.54) is 25.3 Å². The fourth-order valence-corrected chi connectivity index (χ4v) is 2.97. The number of carbonyl (C=O) groups excluding carboxylic acids is 1. The van der Waals surface area contributed by atoms with E-state index in [-0.39, 0.29) is 11.4 Å². The molecule has 2 atom stereocenters. The third kappa shape index (κ3) is 2.36. The van der Waals surface area contributed by atoms with Gasteiger partial charge in [0.25, 0.3) is 0 Å². The van der Waals surface area contributed by atoms with Crippen LogP contribution >= 0.6 is 0 Å².